The molecular formula is C16H15Gd-. The van der Waals surface area contributed by atoms with Gasteiger partial charge in [-0.05, 0) is 64.2 Å². The summed E-state index contributed by atoms with van der Waals surface area (Å²) in [6.07, 6.45) is 20.0. The van der Waals surface area contributed by atoms with E-state index in [1.807, 2.05) is 94.5 Å². The molecule has 88 valence electrons. The second kappa shape index (κ2) is 14.6. The second-order valence-corrected chi connectivity index (χ2v) is 3.00. The Balaban J connectivity index is 0.000000221. The molecule has 0 heterocycles. The van der Waals surface area contributed by atoms with Gasteiger partial charge in [0.1, 0.15) is 0 Å². The third kappa shape index (κ3) is 12.8. The Kier molecular flexibility index (Phi) is 15.1. The normalized spacial score (nSPS) is 16.9. The van der Waals surface area contributed by atoms with E-state index in [1.54, 1.807) is 0 Å². The summed E-state index contributed by atoms with van der Waals surface area (Å²) in [5.74, 6) is 0. The van der Waals surface area contributed by atoms with Crippen molar-refractivity contribution in [3.05, 3.63) is 101 Å². The molecule has 0 atom stereocenters. The number of hydrogen-bond donors (Lipinski definition) is 0. The van der Waals surface area contributed by atoms with Crippen molar-refractivity contribution in [3.8, 4) is 0 Å². The predicted molar refractivity (Wildman–Crippen MR) is 68.3 cm³/mol. The van der Waals surface area contributed by atoms with Crippen molar-refractivity contribution in [1.29, 1.82) is 0 Å². The van der Waals surface area contributed by atoms with Gasteiger partial charge in [0.2, 0.25) is 0 Å². The summed E-state index contributed by atoms with van der Waals surface area (Å²) in [7, 11) is 0. The van der Waals surface area contributed by atoms with Crippen molar-refractivity contribution < 1.29 is 39.9 Å². The monoisotopic (exact) mass is 365 g/mol. The molecule has 2 aliphatic rings. The molecule has 0 spiro atoms. The zero-order chi connectivity index (χ0) is 11.3. The number of rotatable bonds is 0. The average molecular weight is 365 g/mol. The van der Waals surface area contributed by atoms with E-state index < -0.39 is 0 Å². The van der Waals surface area contributed by atoms with Crippen LogP contribution in [0.25, 0.3) is 0 Å². The summed E-state index contributed by atoms with van der Waals surface area (Å²) in [5, 5.41) is 0. The quantitative estimate of drug-likeness (QED) is 0.618. The van der Waals surface area contributed by atoms with Gasteiger partial charge in [0.15, 0.2) is 0 Å². The summed E-state index contributed by atoms with van der Waals surface area (Å²) < 4.78 is 0. The van der Waals surface area contributed by atoms with E-state index >= 15 is 0 Å². The SMILES string of the molecule is [CH]1[CH][CH][CH][CH]1.[CH]1[CH][CH][CH][CH]1.[Gd].[c-]1ccccc1. The fourth-order valence-electron chi connectivity index (χ4n) is 0.983. The minimum absolute atomic E-state index is 0. The van der Waals surface area contributed by atoms with E-state index in [1.165, 1.54) is 0 Å². The van der Waals surface area contributed by atoms with Gasteiger partial charge in [0.25, 0.3) is 0 Å². The van der Waals surface area contributed by atoms with Crippen LogP contribution in [0.1, 0.15) is 0 Å². The fourth-order valence-corrected chi connectivity index (χ4v) is 0.983. The first-order valence-corrected chi connectivity index (χ1v) is 5.24. The number of benzene rings is 1. The first-order chi connectivity index (χ1) is 8.00. The minimum atomic E-state index is 0. The molecule has 1 aromatic rings. The van der Waals surface area contributed by atoms with Gasteiger partial charge in [0.05, 0.1) is 0 Å². The van der Waals surface area contributed by atoms with Crippen LogP contribution >= 0.6 is 0 Å². The Morgan fingerprint density at radius 2 is 0.706 bits per heavy atom. The Morgan fingerprint density at radius 3 is 0.824 bits per heavy atom. The van der Waals surface area contributed by atoms with Crippen LogP contribution in [0.5, 0.6) is 0 Å². The molecule has 0 aliphatic heterocycles. The number of hydrogen-bond acceptors (Lipinski definition) is 0. The predicted octanol–water partition coefficient (Wildman–Crippen LogP) is 3.53. The molecule has 0 unspecified atom stereocenters. The van der Waals surface area contributed by atoms with Crippen LogP contribution in [0.4, 0.5) is 0 Å². The standard InChI is InChI=1S/C6H5.2C5H5.Gd/c1-2-4-6-5-3-1;2*1-2-4-5-3-1;/h1-5H;2*1-5H;/q-1;;;. The topological polar surface area (TPSA) is 0 Å². The Bertz CT molecular complexity index is 160. The molecule has 10 radical (unpaired) electrons. The average Bonchev–Trinajstić information content (AvgIpc) is 3.10. The Hall–Kier alpha value is 0.545. The molecule has 1 aromatic carbocycles. The minimum Gasteiger partial charge on any atom is -0.184 e. The van der Waals surface area contributed by atoms with Crippen molar-refractivity contribution in [2.45, 2.75) is 0 Å². The van der Waals surface area contributed by atoms with Crippen molar-refractivity contribution in [2.75, 3.05) is 0 Å². The summed E-state index contributed by atoms with van der Waals surface area (Å²) in [6.45, 7) is 0. The van der Waals surface area contributed by atoms with E-state index in [0.717, 1.165) is 0 Å². The van der Waals surface area contributed by atoms with Gasteiger partial charge >= 0.3 is 0 Å². The van der Waals surface area contributed by atoms with Crippen molar-refractivity contribution >= 4 is 0 Å². The molecule has 0 aromatic heterocycles. The maximum Gasteiger partial charge on any atom is 0 e. The smallest absolute Gasteiger partial charge is 0 e. The van der Waals surface area contributed by atoms with Crippen LogP contribution in [0.3, 0.4) is 0 Å². The molecule has 2 fully saturated rings. The fraction of sp³-hybridized carbons (Fsp3) is 0. The van der Waals surface area contributed by atoms with Gasteiger partial charge < -0.3 is 0 Å². The molecule has 0 bridgehead atoms. The first-order valence-electron chi connectivity index (χ1n) is 5.24. The molecule has 0 N–H and O–H groups in total. The zero-order valence-corrected chi connectivity index (χ0v) is 11.8. The van der Waals surface area contributed by atoms with Crippen molar-refractivity contribution in [1.82, 2.24) is 0 Å². The third-order valence-electron chi connectivity index (χ3n) is 1.72. The summed E-state index contributed by atoms with van der Waals surface area (Å²) in [6, 6.07) is 12.5. The Labute approximate surface area is 139 Å². The molecule has 0 amide bonds. The van der Waals surface area contributed by atoms with Crippen LogP contribution in [-0.4, -0.2) is 0 Å². The maximum atomic E-state index is 2.89. The first kappa shape index (κ1) is 17.5. The van der Waals surface area contributed by atoms with Gasteiger partial charge in [-0.2, -0.15) is 36.4 Å². The van der Waals surface area contributed by atoms with Gasteiger partial charge in [-0.15, -0.1) is 0 Å². The van der Waals surface area contributed by atoms with Crippen LogP contribution in [0.2, 0.25) is 0 Å². The zero-order valence-electron chi connectivity index (χ0n) is 9.51. The largest absolute Gasteiger partial charge is 0.184 e. The summed E-state index contributed by atoms with van der Waals surface area (Å²) >= 11 is 0. The van der Waals surface area contributed by atoms with E-state index in [4.69, 9.17) is 0 Å². The van der Waals surface area contributed by atoms with E-state index in [0.29, 0.717) is 0 Å². The molecule has 2 saturated carbocycles. The van der Waals surface area contributed by atoms with E-state index in [9.17, 15) is 0 Å². The van der Waals surface area contributed by atoms with Crippen LogP contribution in [0.15, 0.2) is 30.3 Å². The van der Waals surface area contributed by atoms with Gasteiger partial charge in [-0.3, -0.25) is 0 Å². The summed E-state index contributed by atoms with van der Waals surface area (Å²) in [4.78, 5) is 0. The van der Waals surface area contributed by atoms with Crippen molar-refractivity contribution in [3.63, 3.8) is 0 Å². The van der Waals surface area contributed by atoms with Crippen molar-refractivity contribution in [2.24, 2.45) is 0 Å². The molecule has 0 saturated heterocycles. The summed E-state index contributed by atoms with van der Waals surface area (Å²) in [5.41, 5.74) is 0. The van der Waals surface area contributed by atoms with Crippen LogP contribution < -0.4 is 0 Å². The molecule has 2 aliphatic carbocycles. The van der Waals surface area contributed by atoms with Gasteiger partial charge in [-0.1, -0.05) is 0 Å². The molecular weight excluding hydrogens is 349 g/mol. The van der Waals surface area contributed by atoms with Gasteiger partial charge in [-0.25, -0.2) is 0 Å². The van der Waals surface area contributed by atoms with Crippen LogP contribution in [0, 0.1) is 110 Å². The third-order valence-corrected chi connectivity index (χ3v) is 1.72. The van der Waals surface area contributed by atoms with E-state index in [2.05, 4.69) is 6.07 Å². The van der Waals surface area contributed by atoms with Gasteiger partial charge in [0, 0.05) is 39.9 Å². The second-order valence-electron chi connectivity index (χ2n) is 3.00. The molecule has 1 heteroatoms. The maximum absolute atomic E-state index is 2.89. The van der Waals surface area contributed by atoms with Crippen LogP contribution in [-0.2, 0) is 0 Å². The molecule has 3 rings (SSSR count). The molecule has 17 heavy (non-hydrogen) atoms. The molecule has 0 nitrogen and oxygen atoms in total. The van der Waals surface area contributed by atoms with E-state index in [-0.39, 0.29) is 39.9 Å². The Morgan fingerprint density at radius 1 is 0.412 bits per heavy atom.